The summed E-state index contributed by atoms with van der Waals surface area (Å²) in [5.74, 6) is -1.03. The molecule has 0 aliphatic rings. The molecule has 0 aliphatic carbocycles. The molecule has 19 heavy (non-hydrogen) atoms. The number of hydrogen-bond donors (Lipinski definition) is 1. The number of pyridine rings is 1. The molecular formula is C14H13ClN2O2. The second kappa shape index (κ2) is 5.71. The molecule has 0 saturated carbocycles. The zero-order valence-electron chi connectivity index (χ0n) is 10.4. The Bertz CT molecular complexity index is 584. The van der Waals surface area contributed by atoms with Gasteiger partial charge in [0.25, 0.3) is 0 Å². The van der Waals surface area contributed by atoms with Gasteiger partial charge in [-0.3, -0.25) is 0 Å². The van der Waals surface area contributed by atoms with Crippen molar-refractivity contribution in [3.8, 4) is 0 Å². The van der Waals surface area contributed by atoms with Gasteiger partial charge in [0, 0.05) is 30.5 Å². The highest BCUT2D eigenvalue weighted by Crippen LogP contribution is 2.17. The molecule has 0 aliphatic heterocycles. The predicted octanol–water partition coefficient (Wildman–Crippen LogP) is 3.07. The number of halogens is 1. The first-order valence-corrected chi connectivity index (χ1v) is 6.09. The molecule has 0 bridgehead atoms. The van der Waals surface area contributed by atoms with Gasteiger partial charge in [-0.05, 0) is 29.8 Å². The van der Waals surface area contributed by atoms with E-state index in [0.717, 1.165) is 11.3 Å². The lowest BCUT2D eigenvalue weighted by molar-refractivity contribution is 0.0690. The Kier molecular flexibility index (Phi) is 4.02. The van der Waals surface area contributed by atoms with Crippen molar-refractivity contribution in [2.24, 2.45) is 0 Å². The molecule has 0 atom stereocenters. The first-order chi connectivity index (χ1) is 9.06. The van der Waals surface area contributed by atoms with E-state index in [1.54, 1.807) is 12.1 Å². The monoisotopic (exact) mass is 276 g/mol. The minimum Gasteiger partial charge on any atom is -0.477 e. The second-order valence-electron chi connectivity index (χ2n) is 4.19. The van der Waals surface area contributed by atoms with Gasteiger partial charge >= 0.3 is 5.97 Å². The van der Waals surface area contributed by atoms with Crippen LogP contribution >= 0.6 is 11.6 Å². The summed E-state index contributed by atoms with van der Waals surface area (Å²) in [5, 5.41) is 9.61. The molecule has 0 amide bonds. The molecule has 1 aromatic carbocycles. The van der Waals surface area contributed by atoms with Gasteiger partial charge in [0.15, 0.2) is 0 Å². The molecule has 0 fully saturated rings. The molecule has 98 valence electrons. The minimum atomic E-state index is -1.03. The Morgan fingerprint density at radius 1 is 1.32 bits per heavy atom. The molecule has 0 unspecified atom stereocenters. The fourth-order valence-corrected chi connectivity index (χ4v) is 1.85. The van der Waals surface area contributed by atoms with Gasteiger partial charge in [0.2, 0.25) is 0 Å². The van der Waals surface area contributed by atoms with Crippen molar-refractivity contribution in [1.82, 2.24) is 4.98 Å². The van der Waals surface area contributed by atoms with Gasteiger partial charge in [-0.2, -0.15) is 0 Å². The summed E-state index contributed by atoms with van der Waals surface area (Å²) in [5.41, 5.74) is 1.95. The molecule has 2 aromatic rings. The van der Waals surface area contributed by atoms with Crippen LogP contribution in [0.4, 0.5) is 5.69 Å². The smallest absolute Gasteiger partial charge is 0.354 e. The number of rotatable bonds is 4. The number of carbonyl (C=O) groups is 1. The van der Waals surface area contributed by atoms with Gasteiger partial charge < -0.3 is 10.0 Å². The largest absolute Gasteiger partial charge is 0.477 e. The number of hydrogen-bond acceptors (Lipinski definition) is 3. The predicted molar refractivity (Wildman–Crippen MR) is 74.8 cm³/mol. The number of carboxylic acid groups (broad SMARTS) is 1. The first-order valence-electron chi connectivity index (χ1n) is 5.71. The van der Waals surface area contributed by atoms with E-state index in [-0.39, 0.29) is 5.69 Å². The first kappa shape index (κ1) is 13.4. The van der Waals surface area contributed by atoms with E-state index in [2.05, 4.69) is 4.98 Å². The Morgan fingerprint density at radius 3 is 2.63 bits per heavy atom. The molecule has 1 N–H and O–H groups in total. The van der Waals surface area contributed by atoms with Crippen molar-refractivity contribution < 1.29 is 9.90 Å². The van der Waals surface area contributed by atoms with Crippen LogP contribution in [-0.4, -0.2) is 23.1 Å². The standard InChI is InChI=1S/C14H13ClN2O2/c1-17(9-10-2-4-11(15)5-3-10)12-6-7-16-13(8-12)14(18)19/h2-8H,9H2,1H3,(H,18,19). The lowest BCUT2D eigenvalue weighted by Crippen LogP contribution is -2.17. The zero-order chi connectivity index (χ0) is 13.8. The van der Waals surface area contributed by atoms with E-state index in [9.17, 15) is 4.79 Å². The molecular weight excluding hydrogens is 264 g/mol. The van der Waals surface area contributed by atoms with Crippen molar-refractivity contribution >= 4 is 23.3 Å². The topological polar surface area (TPSA) is 53.4 Å². The van der Waals surface area contributed by atoms with Gasteiger partial charge in [0.1, 0.15) is 5.69 Å². The van der Waals surface area contributed by atoms with Crippen molar-refractivity contribution in [2.45, 2.75) is 6.54 Å². The van der Waals surface area contributed by atoms with Crippen LogP contribution in [0.15, 0.2) is 42.6 Å². The maximum absolute atomic E-state index is 10.9. The SMILES string of the molecule is CN(Cc1ccc(Cl)cc1)c1ccnc(C(=O)O)c1. The second-order valence-corrected chi connectivity index (χ2v) is 4.62. The highest BCUT2D eigenvalue weighted by atomic mass is 35.5. The Labute approximate surface area is 116 Å². The van der Waals surface area contributed by atoms with E-state index in [0.29, 0.717) is 11.6 Å². The average molecular weight is 277 g/mol. The summed E-state index contributed by atoms with van der Waals surface area (Å²) < 4.78 is 0. The number of aromatic nitrogens is 1. The molecule has 4 nitrogen and oxygen atoms in total. The molecule has 2 rings (SSSR count). The summed E-state index contributed by atoms with van der Waals surface area (Å²) >= 11 is 5.83. The van der Waals surface area contributed by atoms with Crippen molar-refractivity contribution in [2.75, 3.05) is 11.9 Å². The van der Waals surface area contributed by atoms with Gasteiger partial charge in [-0.25, -0.2) is 9.78 Å². The van der Waals surface area contributed by atoms with Crippen LogP contribution < -0.4 is 4.90 Å². The van der Waals surface area contributed by atoms with Crippen LogP contribution in [0.3, 0.4) is 0 Å². The summed E-state index contributed by atoms with van der Waals surface area (Å²) in [7, 11) is 1.90. The fraction of sp³-hybridized carbons (Fsp3) is 0.143. The maximum Gasteiger partial charge on any atom is 0.354 e. The van der Waals surface area contributed by atoms with Crippen LogP contribution in [0.2, 0.25) is 5.02 Å². The summed E-state index contributed by atoms with van der Waals surface area (Å²) in [6.07, 6.45) is 1.50. The van der Waals surface area contributed by atoms with Crippen molar-refractivity contribution in [1.29, 1.82) is 0 Å². The number of aromatic carboxylic acids is 1. The van der Waals surface area contributed by atoms with Crippen LogP contribution in [0.1, 0.15) is 16.1 Å². The quantitative estimate of drug-likeness (QED) is 0.932. The Balaban J connectivity index is 2.15. The summed E-state index contributed by atoms with van der Waals surface area (Å²) in [6.45, 7) is 0.667. The van der Waals surface area contributed by atoms with Crippen LogP contribution in [0.25, 0.3) is 0 Å². The Hall–Kier alpha value is -2.07. The van der Waals surface area contributed by atoms with Gasteiger partial charge in [-0.1, -0.05) is 23.7 Å². The van der Waals surface area contributed by atoms with Crippen molar-refractivity contribution in [3.63, 3.8) is 0 Å². The molecule has 0 spiro atoms. The number of carboxylic acids is 1. The summed E-state index contributed by atoms with van der Waals surface area (Å²) in [6, 6.07) is 10.9. The third kappa shape index (κ3) is 3.45. The van der Waals surface area contributed by atoms with E-state index < -0.39 is 5.97 Å². The third-order valence-electron chi connectivity index (χ3n) is 2.74. The molecule has 5 heteroatoms. The third-order valence-corrected chi connectivity index (χ3v) is 2.99. The van der Waals surface area contributed by atoms with E-state index in [4.69, 9.17) is 16.7 Å². The average Bonchev–Trinajstić information content (AvgIpc) is 2.41. The zero-order valence-corrected chi connectivity index (χ0v) is 11.1. The van der Waals surface area contributed by atoms with Gasteiger partial charge in [0.05, 0.1) is 0 Å². The van der Waals surface area contributed by atoms with E-state index in [1.165, 1.54) is 6.20 Å². The number of benzene rings is 1. The lowest BCUT2D eigenvalue weighted by atomic mass is 10.2. The minimum absolute atomic E-state index is 0.0421. The maximum atomic E-state index is 10.9. The van der Waals surface area contributed by atoms with E-state index in [1.807, 2.05) is 36.2 Å². The lowest BCUT2D eigenvalue weighted by Gasteiger charge is -2.19. The molecule has 1 aromatic heterocycles. The van der Waals surface area contributed by atoms with Crippen LogP contribution in [0, 0.1) is 0 Å². The molecule has 0 saturated heterocycles. The normalized spacial score (nSPS) is 10.2. The van der Waals surface area contributed by atoms with E-state index >= 15 is 0 Å². The fourth-order valence-electron chi connectivity index (χ4n) is 1.73. The van der Waals surface area contributed by atoms with Gasteiger partial charge in [-0.15, -0.1) is 0 Å². The van der Waals surface area contributed by atoms with Crippen LogP contribution in [0.5, 0.6) is 0 Å². The van der Waals surface area contributed by atoms with Crippen LogP contribution in [-0.2, 0) is 6.54 Å². The summed E-state index contributed by atoms with van der Waals surface area (Å²) in [4.78, 5) is 16.6. The highest BCUT2D eigenvalue weighted by Gasteiger charge is 2.08. The van der Waals surface area contributed by atoms with Crippen molar-refractivity contribution in [3.05, 3.63) is 58.9 Å². The highest BCUT2D eigenvalue weighted by molar-refractivity contribution is 6.30. The number of nitrogens with zero attached hydrogens (tertiary/aromatic N) is 2. The number of anilines is 1. The Morgan fingerprint density at radius 2 is 2.00 bits per heavy atom. The molecule has 1 heterocycles. The molecule has 0 radical (unpaired) electrons.